The molecular formula is C15H22N2O3. The maximum absolute atomic E-state index is 11.6. The Hall–Kier alpha value is -1.33. The number of likely N-dealkylation sites (tertiary alicyclic amines) is 1. The first kappa shape index (κ1) is 13.6. The molecule has 2 aliphatic heterocycles. The first-order valence-corrected chi connectivity index (χ1v) is 7.31. The molecule has 5 nitrogen and oxygen atoms in total. The lowest BCUT2D eigenvalue weighted by Gasteiger charge is -2.22. The molecule has 110 valence electrons. The lowest BCUT2D eigenvalue weighted by atomic mass is 10.1. The highest BCUT2D eigenvalue weighted by molar-refractivity contribution is 5.87. The zero-order valence-corrected chi connectivity index (χ0v) is 12.1. The van der Waals surface area contributed by atoms with Crippen molar-refractivity contribution in [2.24, 2.45) is 0 Å². The van der Waals surface area contributed by atoms with Gasteiger partial charge in [0, 0.05) is 30.7 Å². The van der Waals surface area contributed by atoms with Crippen LogP contribution < -0.4 is 5.32 Å². The van der Waals surface area contributed by atoms with Crippen LogP contribution in [0.25, 0.3) is 0 Å². The van der Waals surface area contributed by atoms with E-state index in [2.05, 4.69) is 10.2 Å². The zero-order valence-electron chi connectivity index (χ0n) is 12.1. The summed E-state index contributed by atoms with van der Waals surface area (Å²) in [5, 5.41) is 3.67. The van der Waals surface area contributed by atoms with E-state index < -0.39 is 5.97 Å². The lowest BCUT2D eigenvalue weighted by molar-refractivity contribution is 0.0560. The second-order valence-corrected chi connectivity index (χ2v) is 5.88. The van der Waals surface area contributed by atoms with Crippen LogP contribution in [0.4, 0.5) is 0 Å². The van der Waals surface area contributed by atoms with Crippen LogP contribution in [0, 0.1) is 6.92 Å². The molecular weight excluding hydrogens is 256 g/mol. The fourth-order valence-electron chi connectivity index (χ4n) is 3.30. The van der Waals surface area contributed by atoms with Gasteiger partial charge in [-0.05, 0) is 32.3 Å². The van der Waals surface area contributed by atoms with Gasteiger partial charge in [0.1, 0.15) is 5.76 Å². The molecule has 0 amide bonds. The van der Waals surface area contributed by atoms with Crippen LogP contribution in [0.3, 0.4) is 0 Å². The van der Waals surface area contributed by atoms with Crippen LogP contribution in [0.15, 0.2) is 10.5 Å². The van der Waals surface area contributed by atoms with E-state index in [9.17, 15) is 4.79 Å². The highest BCUT2D eigenvalue weighted by Crippen LogP contribution is 2.23. The Bertz CT molecular complexity index is 497. The molecule has 2 bridgehead atoms. The molecule has 0 aromatic carbocycles. The van der Waals surface area contributed by atoms with Crippen LogP contribution >= 0.6 is 0 Å². The predicted octanol–water partition coefficient (Wildman–Crippen LogP) is 1.70. The number of fused-ring (bicyclic) bond motifs is 2. The minimum atomic E-state index is -0.398. The second kappa shape index (κ2) is 5.58. The minimum Gasteiger partial charge on any atom is -0.463 e. The van der Waals surface area contributed by atoms with Crippen LogP contribution in [0.5, 0.6) is 0 Å². The van der Waals surface area contributed by atoms with Gasteiger partial charge in [-0.3, -0.25) is 4.90 Å². The maximum Gasteiger partial charge on any atom is 0.374 e. The molecule has 1 aromatic rings. The van der Waals surface area contributed by atoms with Gasteiger partial charge in [-0.2, -0.15) is 0 Å². The number of hydrogen-bond acceptors (Lipinski definition) is 5. The molecule has 1 N–H and O–H groups in total. The van der Waals surface area contributed by atoms with Gasteiger partial charge in [0.05, 0.1) is 13.7 Å². The fraction of sp³-hybridized carbons (Fsp3) is 0.667. The van der Waals surface area contributed by atoms with E-state index in [0.717, 1.165) is 31.0 Å². The molecule has 3 heterocycles. The third-order valence-electron chi connectivity index (χ3n) is 4.33. The number of methoxy groups -OCH3 is 1. The number of aryl methyl sites for hydroxylation is 1. The van der Waals surface area contributed by atoms with Crippen molar-refractivity contribution in [1.82, 2.24) is 10.2 Å². The zero-order chi connectivity index (χ0) is 14.1. The molecule has 2 saturated heterocycles. The molecule has 20 heavy (non-hydrogen) atoms. The van der Waals surface area contributed by atoms with E-state index in [-0.39, 0.29) is 0 Å². The van der Waals surface area contributed by atoms with Gasteiger partial charge >= 0.3 is 5.97 Å². The largest absolute Gasteiger partial charge is 0.463 e. The van der Waals surface area contributed by atoms with Gasteiger partial charge in [-0.25, -0.2) is 4.79 Å². The highest BCUT2D eigenvalue weighted by Gasteiger charge is 2.29. The Balaban J connectivity index is 1.67. The molecule has 0 aliphatic carbocycles. The molecule has 0 spiro atoms. The summed E-state index contributed by atoms with van der Waals surface area (Å²) in [6, 6.07) is 3.25. The van der Waals surface area contributed by atoms with E-state index in [1.54, 1.807) is 0 Å². The third kappa shape index (κ3) is 2.74. The topological polar surface area (TPSA) is 54.7 Å². The van der Waals surface area contributed by atoms with Crippen molar-refractivity contribution < 1.29 is 13.9 Å². The van der Waals surface area contributed by atoms with Gasteiger partial charge in [0.2, 0.25) is 5.76 Å². The Morgan fingerprint density at radius 3 is 3.05 bits per heavy atom. The van der Waals surface area contributed by atoms with Crippen LogP contribution in [-0.2, 0) is 11.3 Å². The van der Waals surface area contributed by atoms with Gasteiger partial charge in [0.15, 0.2) is 0 Å². The van der Waals surface area contributed by atoms with Crippen molar-refractivity contribution in [3.8, 4) is 0 Å². The monoisotopic (exact) mass is 278 g/mol. The Labute approximate surface area is 119 Å². The van der Waals surface area contributed by atoms with E-state index in [1.165, 1.54) is 26.4 Å². The molecule has 2 unspecified atom stereocenters. The smallest absolute Gasteiger partial charge is 0.374 e. The molecule has 2 aliphatic rings. The first-order chi connectivity index (χ1) is 9.65. The average molecular weight is 278 g/mol. The van der Waals surface area contributed by atoms with Crippen LogP contribution in [0.2, 0.25) is 0 Å². The van der Waals surface area contributed by atoms with Crippen molar-refractivity contribution in [3.63, 3.8) is 0 Å². The number of rotatable bonds is 3. The summed E-state index contributed by atoms with van der Waals surface area (Å²) >= 11 is 0. The Kier molecular flexibility index (Phi) is 3.81. The number of nitrogens with zero attached hydrogens (tertiary/aromatic N) is 1. The number of ether oxygens (including phenoxy) is 1. The average Bonchev–Trinajstić information content (AvgIpc) is 2.95. The molecule has 5 heteroatoms. The van der Waals surface area contributed by atoms with Gasteiger partial charge < -0.3 is 14.5 Å². The predicted molar refractivity (Wildman–Crippen MR) is 74.6 cm³/mol. The summed E-state index contributed by atoms with van der Waals surface area (Å²) in [5.41, 5.74) is 0.848. The Morgan fingerprint density at radius 2 is 2.25 bits per heavy atom. The van der Waals surface area contributed by atoms with Crippen molar-refractivity contribution in [1.29, 1.82) is 0 Å². The summed E-state index contributed by atoms with van der Waals surface area (Å²) in [5.74, 6) is 0.781. The van der Waals surface area contributed by atoms with Crippen molar-refractivity contribution in [3.05, 3.63) is 23.2 Å². The summed E-state index contributed by atoms with van der Waals surface area (Å²) in [6.07, 6.45) is 3.77. The number of esters is 1. The Morgan fingerprint density at radius 1 is 1.45 bits per heavy atom. The van der Waals surface area contributed by atoms with E-state index in [1.807, 2.05) is 13.0 Å². The maximum atomic E-state index is 11.6. The molecule has 1 aromatic heterocycles. The quantitative estimate of drug-likeness (QED) is 0.853. The number of nitrogens with one attached hydrogen (secondary N) is 1. The highest BCUT2D eigenvalue weighted by atomic mass is 16.5. The molecule has 3 rings (SSSR count). The SMILES string of the molecule is COC(=O)c1oc(CN2CCC3CCC(C2)N3)cc1C. The number of hydrogen-bond donors (Lipinski definition) is 1. The number of carbonyl (C=O) groups is 1. The molecule has 2 atom stereocenters. The molecule has 0 saturated carbocycles. The normalized spacial score (nSPS) is 26.5. The van der Waals surface area contributed by atoms with Crippen molar-refractivity contribution in [2.75, 3.05) is 20.2 Å². The fourth-order valence-corrected chi connectivity index (χ4v) is 3.30. The van der Waals surface area contributed by atoms with Gasteiger partial charge in [-0.15, -0.1) is 0 Å². The van der Waals surface area contributed by atoms with Crippen LogP contribution in [0.1, 0.15) is 41.1 Å². The number of carbonyl (C=O) groups excluding carboxylic acids is 1. The van der Waals surface area contributed by atoms with Gasteiger partial charge in [0.25, 0.3) is 0 Å². The molecule has 0 radical (unpaired) electrons. The number of furan rings is 1. The summed E-state index contributed by atoms with van der Waals surface area (Å²) in [6.45, 7) is 4.79. The summed E-state index contributed by atoms with van der Waals surface area (Å²) in [7, 11) is 1.38. The summed E-state index contributed by atoms with van der Waals surface area (Å²) < 4.78 is 10.4. The minimum absolute atomic E-state index is 0.331. The van der Waals surface area contributed by atoms with Crippen molar-refractivity contribution in [2.45, 2.75) is 44.8 Å². The standard InChI is InChI=1S/C15H22N2O3/c1-10-7-13(20-14(10)15(18)19-2)9-17-6-5-11-3-4-12(8-17)16-11/h7,11-12,16H,3-6,8-9H2,1-2H3. The van der Waals surface area contributed by atoms with Crippen molar-refractivity contribution >= 4 is 5.97 Å². The van der Waals surface area contributed by atoms with Gasteiger partial charge in [-0.1, -0.05) is 0 Å². The third-order valence-corrected chi connectivity index (χ3v) is 4.33. The first-order valence-electron chi connectivity index (χ1n) is 7.31. The lowest BCUT2D eigenvalue weighted by Crippen LogP contribution is -2.34. The van der Waals surface area contributed by atoms with E-state index >= 15 is 0 Å². The summed E-state index contributed by atoms with van der Waals surface area (Å²) in [4.78, 5) is 14.0. The van der Waals surface area contributed by atoms with E-state index in [4.69, 9.17) is 9.15 Å². The molecule has 2 fully saturated rings. The van der Waals surface area contributed by atoms with E-state index in [0.29, 0.717) is 17.8 Å². The van der Waals surface area contributed by atoms with Crippen LogP contribution in [-0.4, -0.2) is 43.2 Å². The second-order valence-electron chi connectivity index (χ2n) is 5.88.